The molecule has 0 aliphatic carbocycles. The van der Waals surface area contributed by atoms with Crippen LogP contribution in [0.1, 0.15) is 25.3 Å². The molecule has 1 amide bonds. The van der Waals surface area contributed by atoms with E-state index < -0.39 is 6.10 Å². The zero-order valence-electron chi connectivity index (χ0n) is 12.6. The summed E-state index contributed by atoms with van der Waals surface area (Å²) in [7, 11) is 1.88. The topological polar surface area (TPSA) is 41.6 Å². The summed E-state index contributed by atoms with van der Waals surface area (Å²) in [6.07, 6.45) is 1.58. The summed E-state index contributed by atoms with van der Waals surface area (Å²) in [5.74, 6) is 0.799. The molecule has 4 heteroatoms. The first-order chi connectivity index (χ1) is 9.58. The van der Waals surface area contributed by atoms with Crippen LogP contribution >= 0.6 is 0 Å². The summed E-state index contributed by atoms with van der Waals surface area (Å²) in [5, 5.41) is 3.31. The first-order valence-electron chi connectivity index (χ1n) is 7.28. The fourth-order valence-corrected chi connectivity index (χ4v) is 2.53. The number of nitrogens with one attached hydrogen (secondary N) is 1. The molecule has 0 bridgehead atoms. The maximum absolute atomic E-state index is 12.4. The third-order valence-corrected chi connectivity index (χ3v) is 3.89. The quantitative estimate of drug-likeness (QED) is 0.914. The van der Waals surface area contributed by atoms with Crippen molar-refractivity contribution in [2.45, 2.75) is 38.8 Å². The minimum atomic E-state index is -0.447. The Hall–Kier alpha value is -1.55. The number of carbonyl (C=O) groups is 1. The van der Waals surface area contributed by atoms with Crippen LogP contribution in [0, 0.1) is 6.92 Å². The van der Waals surface area contributed by atoms with Crippen molar-refractivity contribution in [3.63, 3.8) is 0 Å². The second kappa shape index (κ2) is 6.75. The van der Waals surface area contributed by atoms with Crippen LogP contribution in [0.15, 0.2) is 24.3 Å². The molecule has 1 aromatic carbocycles. The van der Waals surface area contributed by atoms with Crippen LogP contribution < -0.4 is 10.1 Å². The molecule has 1 saturated heterocycles. The maximum Gasteiger partial charge on any atom is 0.263 e. The normalized spacial score (nSPS) is 17.6. The van der Waals surface area contributed by atoms with Crippen molar-refractivity contribution >= 4 is 5.91 Å². The molecule has 1 unspecified atom stereocenters. The monoisotopic (exact) mass is 276 g/mol. The zero-order valence-corrected chi connectivity index (χ0v) is 12.6. The third kappa shape index (κ3) is 3.73. The molecule has 20 heavy (non-hydrogen) atoms. The van der Waals surface area contributed by atoms with Gasteiger partial charge in [0.2, 0.25) is 0 Å². The van der Waals surface area contributed by atoms with Gasteiger partial charge in [0.25, 0.3) is 5.91 Å². The smallest absolute Gasteiger partial charge is 0.263 e. The van der Waals surface area contributed by atoms with Crippen LogP contribution in [0.25, 0.3) is 0 Å². The molecule has 0 radical (unpaired) electrons. The van der Waals surface area contributed by atoms with Gasteiger partial charge in [-0.25, -0.2) is 0 Å². The molecule has 1 heterocycles. The Balaban J connectivity index is 1.92. The van der Waals surface area contributed by atoms with Gasteiger partial charge in [-0.15, -0.1) is 0 Å². The highest BCUT2D eigenvalue weighted by atomic mass is 16.5. The first-order valence-corrected chi connectivity index (χ1v) is 7.28. The molecule has 1 atom stereocenters. The summed E-state index contributed by atoms with van der Waals surface area (Å²) < 4.78 is 5.74. The molecular formula is C16H24N2O2. The second-order valence-electron chi connectivity index (χ2n) is 5.50. The van der Waals surface area contributed by atoms with E-state index in [9.17, 15) is 4.79 Å². The number of aryl methyl sites for hydroxylation is 1. The molecule has 4 nitrogen and oxygen atoms in total. The lowest BCUT2D eigenvalue weighted by atomic mass is 10.0. The Morgan fingerprint density at radius 1 is 1.30 bits per heavy atom. The third-order valence-electron chi connectivity index (χ3n) is 3.89. The van der Waals surface area contributed by atoms with Crippen molar-refractivity contribution < 1.29 is 9.53 Å². The number of carbonyl (C=O) groups excluding carboxylic acids is 1. The number of nitrogens with zero attached hydrogens (tertiary/aromatic N) is 1. The van der Waals surface area contributed by atoms with Crippen molar-refractivity contribution in [3.05, 3.63) is 29.8 Å². The van der Waals surface area contributed by atoms with Gasteiger partial charge in [-0.05, 0) is 51.9 Å². The molecule has 0 spiro atoms. The summed E-state index contributed by atoms with van der Waals surface area (Å²) in [6, 6.07) is 8.12. The second-order valence-corrected chi connectivity index (χ2v) is 5.50. The van der Waals surface area contributed by atoms with Crippen LogP contribution in [0.4, 0.5) is 0 Å². The largest absolute Gasteiger partial charge is 0.481 e. The van der Waals surface area contributed by atoms with Crippen LogP contribution in [0.5, 0.6) is 5.75 Å². The average Bonchev–Trinajstić information content (AvgIpc) is 2.49. The molecule has 1 fully saturated rings. The van der Waals surface area contributed by atoms with Gasteiger partial charge < -0.3 is 15.0 Å². The molecule has 1 aliphatic heterocycles. The number of amides is 1. The van der Waals surface area contributed by atoms with E-state index in [1.165, 1.54) is 5.56 Å². The van der Waals surface area contributed by atoms with Crippen molar-refractivity contribution in [2.24, 2.45) is 0 Å². The Morgan fingerprint density at radius 3 is 2.50 bits per heavy atom. The number of likely N-dealkylation sites (N-methyl/N-ethyl adjacent to an activating group) is 1. The van der Waals surface area contributed by atoms with Crippen molar-refractivity contribution in [3.8, 4) is 5.75 Å². The first kappa shape index (κ1) is 14.9. The molecular weight excluding hydrogens is 252 g/mol. The molecule has 2 rings (SSSR count). The van der Waals surface area contributed by atoms with Gasteiger partial charge in [-0.3, -0.25) is 4.79 Å². The van der Waals surface area contributed by atoms with E-state index in [2.05, 4.69) is 5.32 Å². The van der Waals surface area contributed by atoms with Crippen LogP contribution in [-0.4, -0.2) is 43.1 Å². The maximum atomic E-state index is 12.4. The summed E-state index contributed by atoms with van der Waals surface area (Å²) in [4.78, 5) is 14.2. The Bertz CT molecular complexity index is 438. The predicted octanol–water partition coefficient (Wildman–Crippen LogP) is 1.97. The van der Waals surface area contributed by atoms with Crippen LogP contribution in [-0.2, 0) is 4.79 Å². The standard InChI is InChI=1S/C16H24N2O2/c1-12-4-6-15(7-5-12)20-13(2)16(19)18(3)14-8-10-17-11-9-14/h4-7,13-14,17H,8-11H2,1-3H3. The SMILES string of the molecule is Cc1ccc(OC(C)C(=O)N(C)C2CCNCC2)cc1. The average molecular weight is 276 g/mol. The van der Waals surface area contributed by atoms with E-state index in [1.54, 1.807) is 0 Å². The Kier molecular flexibility index (Phi) is 5.01. The zero-order chi connectivity index (χ0) is 14.5. The molecule has 1 aliphatic rings. The van der Waals surface area contributed by atoms with Crippen LogP contribution in [0.3, 0.4) is 0 Å². The van der Waals surface area contributed by atoms with Gasteiger partial charge in [0.05, 0.1) is 0 Å². The molecule has 0 aromatic heterocycles. The summed E-state index contributed by atoms with van der Waals surface area (Å²) >= 11 is 0. The van der Waals surface area contributed by atoms with E-state index in [0.29, 0.717) is 6.04 Å². The highest BCUT2D eigenvalue weighted by Gasteiger charge is 2.26. The van der Waals surface area contributed by atoms with Crippen molar-refractivity contribution in [1.29, 1.82) is 0 Å². The molecule has 1 N–H and O–H groups in total. The fraction of sp³-hybridized carbons (Fsp3) is 0.562. The van der Waals surface area contributed by atoms with Crippen molar-refractivity contribution in [2.75, 3.05) is 20.1 Å². The van der Waals surface area contributed by atoms with E-state index in [4.69, 9.17) is 4.74 Å². The number of hydrogen-bond donors (Lipinski definition) is 1. The van der Waals surface area contributed by atoms with Gasteiger partial charge in [0.1, 0.15) is 5.75 Å². The lowest BCUT2D eigenvalue weighted by molar-refractivity contribution is -0.139. The van der Waals surface area contributed by atoms with E-state index in [0.717, 1.165) is 31.7 Å². The Labute approximate surface area is 121 Å². The fourth-order valence-electron chi connectivity index (χ4n) is 2.53. The van der Waals surface area contributed by atoms with Gasteiger partial charge in [-0.2, -0.15) is 0 Å². The highest BCUT2D eigenvalue weighted by molar-refractivity contribution is 5.81. The number of hydrogen-bond acceptors (Lipinski definition) is 3. The number of ether oxygens (including phenoxy) is 1. The Morgan fingerprint density at radius 2 is 1.90 bits per heavy atom. The van der Waals surface area contributed by atoms with Crippen molar-refractivity contribution in [1.82, 2.24) is 10.2 Å². The van der Waals surface area contributed by atoms with Gasteiger partial charge in [0, 0.05) is 13.1 Å². The van der Waals surface area contributed by atoms with Gasteiger partial charge in [0.15, 0.2) is 6.10 Å². The van der Waals surface area contributed by atoms with E-state index >= 15 is 0 Å². The number of piperidine rings is 1. The number of benzene rings is 1. The van der Waals surface area contributed by atoms with E-state index in [-0.39, 0.29) is 5.91 Å². The molecule has 1 aromatic rings. The lowest BCUT2D eigenvalue weighted by Gasteiger charge is -2.33. The lowest BCUT2D eigenvalue weighted by Crippen LogP contribution is -2.48. The van der Waals surface area contributed by atoms with Crippen LogP contribution in [0.2, 0.25) is 0 Å². The minimum Gasteiger partial charge on any atom is -0.481 e. The predicted molar refractivity (Wildman–Crippen MR) is 79.9 cm³/mol. The number of rotatable bonds is 4. The minimum absolute atomic E-state index is 0.0532. The van der Waals surface area contributed by atoms with E-state index in [1.807, 2.05) is 50.1 Å². The van der Waals surface area contributed by atoms with Gasteiger partial charge in [-0.1, -0.05) is 17.7 Å². The highest BCUT2D eigenvalue weighted by Crippen LogP contribution is 2.16. The van der Waals surface area contributed by atoms with Gasteiger partial charge >= 0.3 is 0 Å². The summed E-state index contributed by atoms with van der Waals surface area (Å²) in [6.45, 7) is 5.81. The molecule has 110 valence electrons. The molecule has 0 saturated carbocycles. The summed E-state index contributed by atoms with van der Waals surface area (Å²) in [5.41, 5.74) is 1.18.